The van der Waals surface area contributed by atoms with Gasteiger partial charge in [0.25, 0.3) is 0 Å². The number of benzene rings is 1. The van der Waals surface area contributed by atoms with Crippen LogP contribution in [-0.4, -0.2) is 6.36 Å². The van der Waals surface area contributed by atoms with Gasteiger partial charge in [0, 0.05) is 0 Å². The molecule has 2 rings (SSSR count). The Labute approximate surface area is 108 Å². The van der Waals surface area contributed by atoms with Crippen LogP contribution in [-0.2, 0) is 6.54 Å². The highest BCUT2D eigenvalue weighted by Gasteiger charge is 2.32. The summed E-state index contributed by atoms with van der Waals surface area (Å²) < 4.78 is 45.8. The van der Waals surface area contributed by atoms with Gasteiger partial charge in [-0.05, 0) is 30.7 Å². The third-order valence-electron chi connectivity index (χ3n) is 2.52. The van der Waals surface area contributed by atoms with Crippen LogP contribution in [0.15, 0.2) is 41.0 Å². The summed E-state index contributed by atoms with van der Waals surface area (Å²) in [5.41, 5.74) is 1.19. The minimum Gasteiger partial charge on any atom is -0.467 e. The molecule has 19 heavy (non-hydrogen) atoms. The van der Waals surface area contributed by atoms with E-state index in [-0.39, 0.29) is 18.0 Å². The van der Waals surface area contributed by atoms with E-state index in [4.69, 9.17) is 4.42 Å². The summed E-state index contributed by atoms with van der Waals surface area (Å²) in [7, 11) is 0. The van der Waals surface area contributed by atoms with Crippen molar-refractivity contribution in [3.63, 3.8) is 0 Å². The molecule has 1 heterocycles. The zero-order chi connectivity index (χ0) is 13.9. The van der Waals surface area contributed by atoms with Crippen molar-refractivity contribution in [3.05, 3.63) is 47.9 Å². The Hall–Kier alpha value is -2.11. The quantitative estimate of drug-likeness (QED) is 0.909. The number of aryl methyl sites for hydroxylation is 1. The number of hydrogen-bond acceptors (Lipinski definition) is 3. The number of para-hydroxylation sites is 2. The minimum absolute atomic E-state index is 0.260. The van der Waals surface area contributed by atoms with Crippen molar-refractivity contribution in [1.29, 1.82) is 0 Å². The Bertz CT molecular complexity index is 549. The molecule has 0 aliphatic rings. The van der Waals surface area contributed by atoms with Gasteiger partial charge in [-0.25, -0.2) is 0 Å². The predicted octanol–water partition coefficient (Wildman–Crippen LogP) is 4.10. The fraction of sp³-hybridized carbons (Fsp3) is 0.231. The summed E-state index contributed by atoms with van der Waals surface area (Å²) in [5.74, 6) is 0.404. The number of alkyl halides is 3. The van der Waals surface area contributed by atoms with Crippen molar-refractivity contribution in [2.45, 2.75) is 19.8 Å². The highest BCUT2D eigenvalue weighted by molar-refractivity contribution is 5.56. The Morgan fingerprint density at radius 3 is 2.58 bits per heavy atom. The fourth-order valence-corrected chi connectivity index (χ4v) is 1.59. The second kappa shape index (κ2) is 5.26. The highest BCUT2D eigenvalue weighted by Crippen LogP contribution is 2.30. The monoisotopic (exact) mass is 271 g/mol. The van der Waals surface area contributed by atoms with Crippen LogP contribution in [0.3, 0.4) is 0 Å². The fourth-order valence-electron chi connectivity index (χ4n) is 1.59. The lowest BCUT2D eigenvalue weighted by atomic mass is 10.2. The summed E-state index contributed by atoms with van der Waals surface area (Å²) in [6, 6.07) is 7.66. The maximum Gasteiger partial charge on any atom is 0.573 e. The number of furan rings is 1. The first-order valence-electron chi connectivity index (χ1n) is 5.57. The van der Waals surface area contributed by atoms with Crippen LogP contribution in [0, 0.1) is 6.92 Å². The van der Waals surface area contributed by atoms with Crippen LogP contribution >= 0.6 is 0 Å². The van der Waals surface area contributed by atoms with Gasteiger partial charge in [0.05, 0.1) is 18.5 Å². The zero-order valence-corrected chi connectivity index (χ0v) is 10.1. The van der Waals surface area contributed by atoms with Gasteiger partial charge in [0.1, 0.15) is 5.76 Å². The maximum absolute atomic E-state index is 12.2. The van der Waals surface area contributed by atoms with E-state index in [1.54, 1.807) is 12.1 Å². The lowest BCUT2D eigenvalue weighted by Gasteiger charge is -2.14. The van der Waals surface area contributed by atoms with E-state index in [0.29, 0.717) is 5.76 Å². The summed E-state index contributed by atoms with van der Waals surface area (Å²) in [6.45, 7) is 2.15. The van der Waals surface area contributed by atoms with E-state index in [1.807, 2.05) is 6.92 Å². The summed E-state index contributed by atoms with van der Waals surface area (Å²) in [4.78, 5) is 0. The van der Waals surface area contributed by atoms with Gasteiger partial charge in [0.2, 0.25) is 0 Å². The summed E-state index contributed by atoms with van der Waals surface area (Å²) in [6.07, 6.45) is -3.18. The Kier molecular flexibility index (Phi) is 3.69. The van der Waals surface area contributed by atoms with Crippen molar-refractivity contribution in [2.75, 3.05) is 5.32 Å². The minimum atomic E-state index is -4.71. The predicted molar refractivity (Wildman–Crippen MR) is 63.9 cm³/mol. The van der Waals surface area contributed by atoms with Crippen LogP contribution in [0.5, 0.6) is 5.75 Å². The smallest absolute Gasteiger partial charge is 0.467 e. The molecule has 0 saturated carbocycles. The first kappa shape index (κ1) is 13.3. The molecule has 0 aliphatic heterocycles. The number of anilines is 1. The number of hydrogen-bond donors (Lipinski definition) is 1. The average molecular weight is 271 g/mol. The van der Waals surface area contributed by atoms with Gasteiger partial charge in [-0.1, -0.05) is 12.1 Å². The molecule has 0 atom stereocenters. The molecule has 0 spiro atoms. The lowest BCUT2D eigenvalue weighted by molar-refractivity contribution is -0.274. The molecular formula is C13H12F3NO2. The van der Waals surface area contributed by atoms with E-state index in [9.17, 15) is 13.2 Å². The van der Waals surface area contributed by atoms with Gasteiger partial charge in [-0.2, -0.15) is 0 Å². The zero-order valence-electron chi connectivity index (χ0n) is 10.1. The number of rotatable bonds is 4. The standard InChI is InChI=1S/C13H12F3NO2/c1-9-6-7-18-12(9)8-17-10-4-2-3-5-11(10)19-13(14,15)16/h2-7,17H,8H2,1H3. The van der Waals surface area contributed by atoms with Gasteiger partial charge in [-0.3, -0.25) is 0 Å². The van der Waals surface area contributed by atoms with Gasteiger partial charge < -0.3 is 14.5 Å². The Morgan fingerprint density at radius 1 is 1.21 bits per heavy atom. The topological polar surface area (TPSA) is 34.4 Å². The first-order valence-corrected chi connectivity index (χ1v) is 5.57. The van der Waals surface area contributed by atoms with Gasteiger partial charge in [-0.15, -0.1) is 13.2 Å². The Morgan fingerprint density at radius 2 is 1.95 bits per heavy atom. The van der Waals surface area contributed by atoms with Gasteiger partial charge >= 0.3 is 6.36 Å². The molecule has 0 unspecified atom stereocenters. The number of halogens is 3. The molecule has 0 aliphatic carbocycles. The molecule has 1 N–H and O–H groups in total. The van der Waals surface area contributed by atoms with Crippen molar-refractivity contribution < 1.29 is 22.3 Å². The third kappa shape index (κ3) is 3.67. The largest absolute Gasteiger partial charge is 0.573 e. The molecule has 2 aromatic rings. The molecular weight excluding hydrogens is 259 g/mol. The van der Waals surface area contributed by atoms with Crippen LogP contribution in [0.2, 0.25) is 0 Å². The van der Waals surface area contributed by atoms with Crippen LogP contribution < -0.4 is 10.1 Å². The molecule has 3 nitrogen and oxygen atoms in total. The van der Waals surface area contributed by atoms with E-state index in [2.05, 4.69) is 10.1 Å². The molecule has 0 fully saturated rings. The van der Waals surface area contributed by atoms with Gasteiger partial charge in [0.15, 0.2) is 5.75 Å². The third-order valence-corrected chi connectivity index (χ3v) is 2.52. The van der Waals surface area contributed by atoms with Crippen molar-refractivity contribution in [1.82, 2.24) is 0 Å². The van der Waals surface area contributed by atoms with E-state index in [0.717, 1.165) is 5.56 Å². The highest BCUT2D eigenvalue weighted by atomic mass is 19.4. The molecule has 0 amide bonds. The summed E-state index contributed by atoms with van der Waals surface area (Å²) >= 11 is 0. The van der Waals surface area contributed by atoms with Crippen molar-refractivity contribution in [2.24, 2.45) is 0 Å². The molecule has 0 radical (unpaired) electrons. The van der Waals surface area contributed by atoms with Crippen LogP contribution in [0.1, 0.15) is 11.3 Å². The second-order valence-corrected chi connectivity index (χ2v) is 3.92. The Balaban J connectivity index is 2.10. The van der Waals surface area contributed by atoms with Crippen LogP contribution in [0.25, 0.3) is 0 Å². The molecule has 0 bridgehead atoms. The number of ether oxygens (including phenoxy) is 1. The van der Waals surface area contributed by atoms with E-state index < -0.39 is 6.36 Å². The second-order valence-electron chi connectivity index (χ2n) is 3.92. The molecule has 1 aromatic heterocycles. The average Bonchev–Trinajstić information content (AvgIpc) is 2.72. The van der Waals surface area contributed by atoms with Crippen molar-refractivity contribution >= 4 is 5.69 Å². The first-order chi connectivity index (χ1) is 8.96. The SMILES string of the molecule is Cc1ccoc1CNc1ccccc1OC(F)(F)F. The van der Waals surface area contributed by atoms with Crippen molar-refractivity contribution in [3.8, 4) is 5.75 Å². The maximum atomic E-state index is 12.2. The molecule has 6 heteroatoms. The number of nitrogens with one attached hydrogen (secondary N) is 1. The molecule has 102 valence electrons. The lowest BCUT2D eigenvalue weighted by Crippen LogP contribution is -2.18. The summed E-state index contributed by atoms with van der Waals surface area (Å²) in [5, 5.41) is 2.86. The van der Waals surface area contributed by atoms with E-state index in [1.165, 1.54) is 24.5 Å². The normalized spacial score (nSPS) is 11.4. The van der Waals surface area contributed by atoms with E-state index >= 15 is 0 Å². The van der Waals surface area contributed by atoms with Crippen LogP contribution in [0.4, 0.5) is 18.9 Å². The molecule has 1 aromatic carbocycles. The molecule has 0 saturated heterocycles.